The second-order valence-electron chi connectivity index (χ2n) is 4.11. The van der Waals surface area contributed by atoms with E-state index in [1.165, 1.54) is 13.4 Å². The molecule has 1 rings (SSSR count). The van der Waals surface area contributed by atoms with Gasteiger partial charge in [0.05, 0.1) is 19.2 Å². The molecule has 0 atom stereocenters. The van der Waals surface area contributed by atoms with Crippen molar-refractivity contribution in [1.82, 2.24) is 0 Å². The SMILES string of the molecule is COC=C(C#N)Oc1cc(Cl)c(OC)cc1C(C)C. The van der Waals surface area contributed by atoms with Crippen LogP contribution in [0.4, 0.5) is 0 Å². The fraction of sp³-hybridized carbons (Fsp3) is 0.357. The molecule has 0 saturated carbocycles. The summed E-state index contributed by atoms with van der Waals surface area (Å²) in [5.74, 6) is 1.35. The van der Waals surface area contributed by atoms with E-state index >= 15 is 0 Å². The van der Waals surface area contributed by atoms with Gasteiger partial charge in [-0.2, -0.15) is 5.26 Å². The summed E-state index contributed by atoms with van der Waals surface area (Å²) in [5, 5.41) is 9.36. The fourth-order valence-corrected chi connectivity index (χ4v) is 1.78. The van der Waals surface area contributed by atoms with E-state index < -0.39 is 0 Å². The molecule has 1 aromatic rings. The highest BCUT2D eigenvalue weighted by Gasteiger charge is 2.15. The number of nitriles is 1. The van der Waals surface area contributed by atoms with Crippen LogP contribution in [0.5, 0.6) is 11.5 Å². The molecule has 0 bridgehead atoms. The molecule has 0 fully saturated rings. The zero-order valence-electron chi connectivity index (χ0n) is 11.4. The Morgan fingerprint density at radius 2 is 2.00 bits per heavy atom. The van der Waals surface area contributed by atoms with E-state index in [4.69, 9.17) is 31.1 Å². The number of halogens is 1. The lowest BCUT2D eigenvalue weighted by atomic mass is 10.0. The monoisotopic (exact) mass is 281 g/mol. The van der Waals surface area contributed by atoms with E-state index in [0.717, 1.165) is 5.56 Å². The molecule has 0 aromatic heterocycles. The van der Waals surface area contributed by atoms with Crippen LogP contribution >= 0.6 is 11.6 Å². The highest BCUT2D eigenvalue weighted by molar-refractivity contribution is 6.32. The van der Waals surface area contributed by atoms with Crippen molar-refractivity contribution in [1.29, 1.82) is 5.26 Å². The predicted octanol–water partition coefficient (Wildman–Crippen LogP) is 3.86. The van der Waals surface area contributed by atoms with Crippen molar-refractivity contribution in [3.63, 3.8) is 0 Å². The first-order chi connectivity index (χ1) is 9.03. The first kappa shape index (κ1) is 15.2. The number of rotatable bonds is 5. The van der Waals surface area contributed by atoms with Gasteiger partial charge in [-0.15, -0.1) is 0 Å². The Bertz CT molecular complexity index is 518. The molecule has 0 saturated heterocycles. The summed E-state index contributed by atoms with van der Waals surface area (Å²) in [7, 11) is 3.00. The van der Waals surface area contributed by atoms with Crippen LogP contribution in [-0.2, 0) is 4.74 Å². The Kier molecular flexibility index (Phi) is 5.53. The van der Waals surface area contributed by atoms with Gasteiger partial charge in [0.1, 0.15) is 23.8 Å². The largest absolute Gasteiger partial charge is 0.500 e. The van der Waals surface area contributed by atoms with Gasteiger partial charge in [-0.3, -0.25) is 0 Å². The summed E-state index contributed by atoms with van der Waals surface area (Å²) < 4.78 is 15.5. The Morgan fingerprint density at radius 3 is 2.47 bits per heavy atom. The minimum atomic E-state index is 0.0608. The molecule has 0 N–H and O–H groups in total. The molecule has 0 aliphatic heterocycles. The first-order valence-corrected chi connectivity index (χ1v) is 6.09. The number of benzene rings is 1. The molecule has 0 aliphatic rings. The lowest BCUT2D eigenvalue weighted by Crippen LogP contribution is -2.00. The van der Waals surface area contributed by atoms with Gasteiger partial charge < -0.3 is 14.2 Å². The molecule has 0 heterocycles. The van der Waals surface area contributed by atoms with Crippen molar-refractivity contribution in [2.24, 2.45) is 0 Å². The smallest absolute Gasteiger partial charge is 0.238 e. The summed E-state index contributed by atoms with van der Waals surface area (Å²) in [6.07, 6.45) is 1.24. The van der Waals surface area contributed by atoms with E-state index in [9.17, 15) is 0 Å². The molecule has 0 amide bonds. The lowest BCUT2D eigenvalue weighted by Gasteiger charge is -2.15. The maximum Gasteiger partial charge on any atom is 0.238 e. The van der Waals surface area contributed by atoms with E-state index in [2.05, 4.69) is 0 Å². The molecule has 102 valence electrons. The van der Waals surface area contributed by atoms with Gasteiger partial charge in [0.2, 0.25) is 5.76 Å². The van der Waals surface area contributed by atoms with E-state index in [0.29, 0.717) is 16.5 Å². The van der Waals surface area contributed by atoms with Gasteiger partial charge in [-0.05, 0) is 12.0 Å². The Balaban J connectivity index is 3.23. The summed E-state index contributed by atoms with van der Waals surface area (Å²) in [6.45, 7) is 4.03. The van der Waals surface area contributed by atoms with Crippen LogP contribution in [-0.4, -0.2) is 14.2 Å². The topological polar surface area (TPSA) is 51.5 Å². The number of hydrogen-bond donors (Lipinski definition) is 0. The van der Waals surface area contributed by atoms with Crippen molar-refractivity contribution < 1.29 is 14.2 Å². The van der Waals surface area contributed by atoms with Crippen molar-refractivity contribution in [3.05, 3.63) is 34.7 Å². The zero-order chi connectivity index (χ0) is 14.4. The Hall–Kier alpha value is -1.86. The number of hydrogen-bond acceptors (Lipinski definition) is 4. The predicted molar refractivity (Wildman–Crippen MR) is 73.4 cm³/mol. The van der Waals surface area contributed by atoms with Crippen LogP contribution in [0.2, 0.25) is 5.02 Å². The van der Waals surface area contributed by atoms with Crippen LogP contribution in [0.25, 0.3) is 0 Å². The average molecular weight is 282 g/mol. The third-order valence-corrected chi connectivity index (χ3v) is 2.76. The zero-order valence-corrected chi connectivity index (χ0v) is 12.1. The Labute approximate surface area is 118 Å². The molecule has 4 nitrogen and oxygen atoms in total. The second-order valence-corrected chi connectivity index (χ2v) is 4.52. The molecule has 5 heteroatoms. The third-order valence-electron chi connectivity index (χ3n) is 2.46. The maximum atomic E-state index is 8.94. The molecule has 19 heavy (non-hydrogen) atoms. The molecular weight excluding hydrogens is 266 g/mol. The molecule has 0 unspecified atom stereocenters. The van der Waals surface area contributed by atoms with Gasteiger partial charge >= 0.3 is 0 Å². The average Bonchev–Trinajstić information content (AvgIpc) is 2.38. The van der Waals surface area contributed by atoms with Crippen molar-refractivity contribution >= 4 is 11.6 Å². The van der Waals surface area contributed by atoms with Crippen LogP contribution in [0, 0.1) is 11.3 Å². The molecule has 0 aliphatic carbocycles. The van der Waals surface area contributed by atoms with Gasteiger partial charge in [0.25, 0.3) is 0 Å². The number of ether oxygens (including phenoxy) is 3. The van der Waals surface area contributed by atoms with Crippen molar-refractivity contribution in [2.75, 3.05) is 14.2 Å². The number of allylic oxidation sites excluding steroid dienone is 1. The summed E-state index contributed by atoms with van der Waals surface area (Å²) in [5.41, 5.74) is 0.901. The fourth-order valence-electron chi connectivity index (χ4n) is 1.55. The highest BCUT2D eigenvalue weighted by atomic mass is 35.5. The third kappa shape index (κ3) is 3.80. The van der Waals surface area contributed by atoms with Crippen LogP contribution in [0.1, 0.15) is 25.3 Å². The number of methoxy groups -OCH3 is 2. The minimum absolute atomic E-state index is 0.0608. The van der Waals surface area contributed by atoms with Gasteiger partial charge in [0, 0.05) is 11.6 Å². The van der Waals surface area contributed by atoms with E-state index in [1.54, 1.807) is 13.2 Å². The highest BCUT2D eigenvalue weighted by Crippen LogP contribution is 2.37. The Morgan fingerprint density at radius 1 is 1.32 bits per heavy atom. The minimum Gasteiger partial charge on any atom is -0.500 e. The first-order valence-electron chi connectivity index (χ1n) is 5.71. The van der Waals surface area contributed by atoms with Crippen LogP contribution in [0.15, 0.2) is 24.2 Å². The molecule has 0 spiro atoms. The van der Waals surface area contributed by atoms with Crippen molar-refractivity contribution in [2.45, 2.75) is 19.8 Å². The molecule has 0 radical (unpaired) electrons. The molecule has 1 aromatic carbocycles. The standard InChI is InChI=1S/C14H16ClNO3/c1-9(2)11-5-14(18-4)12(15)6-13(11)19-10(7-16)8-17-3/h5-6,8-9H,1-4H3. The quantitative estimate of drug-likeness (QED) is 0.607. The van der Waals surface area contributed by atoms with E-state index in [-0.39, 0.29) is 11.7 Å². The van der Waals surface area contributed by atoms with Gasteiger partial charge in [-0.1, -0.05) is 25.4 Å². The van der Waals surface area contributed by atoms with Crippen LogP contribution < -0.4 is 9.47 Å². The summed E-state index contributed by atoms with van der Waals surface area (Å²) in [4.78, 5) is 0. The van der Waals surface area contributed by atoms with Gasteiger partial charge in [0.15, 0.2) is 0 Å². The number of nitrogens with zero attached hydrogens (tertiary/aromatic N) is 1. The normalized spacial score (nSPS) is 11.1. The summed E-state index contributed by atoms with van der Waals surface area (Å²) in [6, 6.07) is 5.35. The lowest BCUT2D eigenvalue weighted by molar-refractivity contribution is 0.309. The van der Waals surface area contributed by atoms with Gasteiger partial charge in [-0.25, -0.2) is 0 Å². The second kappa shape index (κ2) is 6.91. The molecular formula is C14H16ClNO3. The van der Waals surface area contributed by atoms with Crippen LogP contribution in [0.3, 0.4) is 0 Å². The van der Waals surface area contributed by atoms with E-state index in [1.807, 2.05) is 26.0 Å². The maximum absolute atomic E-state index is 8.94. The summed E-state index contributed by atoms with van der Waals surface area (Å²) >= 11 is 6.07. The van der Waals surface area contributed by atoms with Crippen molar-refractivity contribution in [3.8, 4) is 17.6 Å².